The average molecular weight is 254 g/mol. The van der Waals surface area contributed by atoms with Crippen LogP contribution in [0.15, 0.2) is 12.1 Å². The molecule has 1 aliphatic heterocycles. The first kappa shape index (κ1) is 12.5. The standard InChI is InChI=1S/C12H12F2N2O2/c1-6-2-9(14)10(4-8(6)13)16-12(18)7-3-11(17)15-5-7/h2,4,7H,3,5H2,1H3,(H,15,17)(H,16,18). The van der Waals surface area contributed by atoms with E-state index in [4.69, 9.17) is 0 Å². The van der Waals surface area contributed by atoms with Crippen LogP contribution in [0.2, 0.25) is 0 Å². The van der Waals surface area contributed by atoms with Gasteiger partial charge in [0, 0.05) is 19.0 Å². The van der Waals surface area contributed by atoms with Gasteiger partial charge in [-0.3, -0.25) is 9.59 Å². The van der Waals surface area contributed by atoms with Gasteiger partial charge in [-0.05, 0) is 18.6 Å². The number of hydrogen-bond donors (Lipinski definition) is 2. The Morgan fingerprint density at radius 1 is 1.39 bits per heavy atom. The van der Waals surface area contributed by atoms with Gasteiger partial charge in [0.1, 0.15) is 11.6 Å². The second kappa shape index (κ2) is 4.72. The van der Waals surface area contributed by atoms with Crippen LogP contribution in [-0.2, 0) is 9.59 Å². The van der Waals surface area contributed by atoms with Crippen molar-refractivity contribution in [1.29, 1.82) is 0 Å². The second-order valence-electron chi connectivity index (χ2n) is 4.28. The average Bonchev–Trinajstić information content (AvgIpc) is 2.73. The molecule has 1 unspecified atom stereocenters. The van der Waals surface area contributed by atoms with Crippen LogP contribution in [0.4, 0.5) is 14.5 Å². The van der Waals surface area contributed by atoms with Crippen LogP contribution in [-0.4, -0.2) is 18.4 Å². The summed E-state index contributed by atoms with van der Waals surface area (Å²) in [6.07, 6.45) is 0.0712. The van der Waals surface area contributed by atoms with Crippen molar-refractivity contribution in [2.24, 2.45) is 5.92 Å². The maximum absolute atomic E-state index is 13.5. The number of nitrogens with one attached hydrogen (secondary N) is 2. The summed E-state index contributed by atoms with van der Waals surface area (Å²) in [5.74, 6) is -2.53. The number of amides is 2. The van der Waals surface area contributed by atoms with E-state index in [1.807, 2.05) is 0 Å². The zero-order valence-corrected chi connectivity index (χ0v) is 9.72. The Labute approximate surface area is 102 Å². The van der Waals surface area contributed by atoms with Crippen LogP contribution in [0.5, 0.6) is 0 Å². The summed E-state index contributed by atoms with van der Waals surface area (Å²) in [4.78, 5) is 22.7. The molecule has 1 atom stereocenters. The topological polar surface area (TPSA) is 58.2 Å². The third-order valence-electron chi connectivity index (χ3n) is 2.85. The molecule has 1 aromatic carbocycles. The molecule has 0 saturated carbocycles. The van der Waals surface area contributed by atoms with Gasteiger partial charge in [-0.2, -0.15) is 0 Å². The molecule has 1 fully saturated rings. The van der Waals surface area contributed by atoms with Crippen molar-refractivity contribution >= 4 is 17.5 Å². The van der Waals surface area contributed by atoms with Crippen LogP contribution < -0.4 is 10.6 Å². The highest BCUT2D eigenvalue weighted by Crippen LogP contribution is 2.20. The van der Waals surface area contributed by atoms with Gasteiger partial charge in [0.15, 0.2) is 0 Å². The minimum Gasteiger partial charge on any atom is -0.355 e. The van der Waals surface area contributed by atoms with Crippen molar-refractivity contribution in [3.8, 4) is 0 Å². The molecule has 0 radical (unpaired) electrons. The minimum atomic E-state index is -0.695. The van der Waals surface area contributed by atoms with Gasteiger partial charge in [-0.25, -0.2) is 8.78 Å². The Kier molecular flexibility index (Phi) is 3.27. The lowest BCUT2D eigenvalue weighted by Gasteiger charge is -2.10. The quantitative estimate of drug-likeness (QED) is 0.837. The van der Waals surface area contributed by atoms with Crippen LogP contribution in [0, 0.1) is 24.5 Å². The Morgan fingerprint density at radius 2 is 2.11 bits per heavy atom. The molecule has 1 saturated heterocycles. The van der Waals surface area contributed by atoms with Crippen molar-refractivity contribution in [2.45, 2.75) is 13.3 Å². The SMILES string of the molecule is Cc1cc(F)c(NC(=O)C2CNC(=O)C2)cc1F. The van der Waals surface area contributed by atoms with E-state index in [9.17, 15) is 18.4 Å². The highest BCUT2D eigenvalue weighted by molar-refractivity contribution is 5.97. The highest BCUT2D eigenvalue weighted by atomic mass is 19.1. The van der Waals surface area contributed by atoms with Gasteiger partial charge in [0.25, 0.3) is 0 Å². The molecule has 2 N–H and O–H groups in total. The van der Waals surface area contributed by atoms with Gasteiger partial charge in [0.05, 0.1) is 11.6 Å². The van der Waals surface area contributed by atoms with E-state index in [0.29, 0.717) is 0 Å². The Morgan fingerprint density at radius 3 is 2.72 bits per heavy atom. The lowest BCUT2D eigenvalue weighted by molar-refractivity contribution is -0.123. The van der Waals surface area contributed by atoms with Crippen LogP contribution in [0.3, 0.4) is 0 Å². The molecule has 18 heavy (non-hydrogen) atoms. The second-order valence-corrected chi connectivity index (χ2v) is 4.28. The van der Waals surface area contributed by atoms with Crippen molar-refractivity contribution in [1.82, 2.24) is 5.32 Å². The Balaban J connectivity index is 2.12. The van der Waals surface area contributed by atoms with E-state index in [1.54, 1.807) is 0 Å². The fraction of sp³-hybridized carbons (Fsp3) is 0.333. The zero-order valence-electron chi connectivity index (χ0n) is 9.72. The number of hydrogen-bond acceptors (Lipinski definition) is 2. The molecular formula is C12H12F2N2O2. The number of anilines is 1. The summed E-state index contributed by atoms with van der Waals surface area (Å²) in [7, 11) is 0. The number of rotatable bonds is 2. The normalized spacial score (nSPS) is 18.6. The largest absolute Gasteiger partial charge is 0.355 e. The van der Waals surface area contributed by atoms with Gasteiger partial charge >= 0.3 is 0 Å². The maximum Gasteiger partial charge on any atom is 0.229 e. The molecule has 1 aromatic rings. The van der Waals surface area contributed by atoms with Crippen molar-refractivity contribution in [2.75, 3.05) is 11.9 Å². The maximum atomic E-state index is 13.5. The summed E-state index contributed by atoms with van der Waals surface area (Å²) in [5.41, 5.74) is -0.0364. The van der Waals surface area contributed by atoms with Gasteiger partial charge in [0.2, 0.25) is 11.8 Å². The lowest BCUT2D eigenvalue weighted by atomic mass is 10.1. The summed E-state index contributed by atoms with van der Waals surface area (Å²) in [6, 6.07) is 1.95. The summed E-state index contributed by atoms with van der Waals surface area (Å²) in [5, 5.41) is 4.80. The molecule has 1 heterocycles. The predicted molar refractivity (Wildman–Crippen MR) is 60.8 cm³/mol. The molecular weight excluding hydrogens is 242 g/mol. The third kappa shape index (κ3) is 2.47. The lowest BCUT2D eigenvalue weighted by Crippen LogP contribution is -2.25. The molecule has 6 heteroatoms. The van der Waals surface area contributed by atoms with E-state index in [0.717, 1.165) is 12.1 Å². The molecule has 0 spiro atoms. The number of carbonyl (C=O) groups is 2. The first-order chi connectivity index (χ1) is 8.47. The molecule has 0 aliphatic carbocycles. The minimum absolute atomic E-state index is 0.0712. The Bertz CT molecular complexity index is 517. The van der Waals surface area contributed by atoms with Gasteiger partial charge in [-0.15, -0.1) is 0 Å². The fourth-order valence-electron chi connectivity index (χ4n) is 1.77. The fourth-order valence-corrected chi connectivity index (χ4v) is 1.77. The number of carbonyl (C=O) groups excluding carboxylic acids is 2. The highest BCUT2D eigenvalue weighted by Gasteiger charge is 2.28. The summed E-state index contributed by atoms with van der Waals surface area (Å²) < 4.78 is 26.8. The first-order valence-corrected chi connectivity index (χ1v) is 5.50. The van der Waals surface area contributed by atoms with E-state index in [2.05, 4.69) is 10.6 Å². The molecule has 2 rings (SSSR count). The van der Waals surface area contributed by atoms with Gasteiger partial charge < -0.3 is 10.6 Å². The van der Waals surface area contributed by atoms with Crippen molar-refractivity contribution in [3.63, 3.8) is 0 Å². The third-order valence-corrected chi connectivity index (χ3v) is 2.85. The number of aryl methyl sites for hydroxylation is 1. The van der Waals surface area contributed by atoms with E-state index < -0.39 is 23.5 Å². The number of benzene rings is 1. The van der Waals surface area contributed by atoms with Crippen LogP contribution >= 0.6 is 0 Å². The van der Waals surface area contributed by atoms with E-state index in [-0.39, 0.29) is 30.1 Å². The van der Waals surface area contributed by atoms with Gasteiger partial charge in [-0.1, -0.05) is 0 Å². The van der Waals surface area contributed by atoms with Crippen LogP contribution in [0.25, 0.3) is 0 Å². The molecule has 0 aromatic heterocycles. The molecule has 0 bridgehead atoms. The summed E-state index contributed by atoms with van der Waals surface area (Å²) in [6.45, 7) is 1.66. The summed E-state index contributed by atoms with van der Waals surface area (Å²) >= 11 is 0. The molecule has 2 amide bonds. The van der Waals surface area contributed by atoms with Crippen molar-refractivity contribution in [3.05, 3.63) is 29.3 Å². The van der Waals surface area contributed by atoms with Crippen molar-refractivity contribution < 1.29 is 18.4 Å². The number of halogens is 2. The van der Waals surface area contributed by atoms with E-state index in [1.165, 1.54) is 6.92 Å². The predicted octanol–water partition coefficient (Wildman–Crippen LogP) is 1.35. The Hall–Kier alpha value is -1.98. The molecule has 4 nitrogen and oxygen atoms in total. The van der Waals surface area contributed by atoms with E-state index >= 15 is 0 Å². The molecule has 1 aliphatic rings. The zero-order chi connectivity index (χ0) is 13.3. The van der Waals surface area contributed by atoms with Crippen LogP contribution in [0.1, 0.15) is 12.0 Å². The molecule has 96 valence electrons. The first-order valence-electron chi connectivity index (χ1n) is 5.50. The smallest absolute Gasteiger partial charge is 0.229 e. The monoisotopic (exact) mass is 254 g/mol.